The van der Waals surface area contributed by atoms with Crippen LogP contribution in [0.15, 0.2) is 12.1 Å². The van der Waals surface area contributed by atoms with Gasteiger partial charge in [0.05, 0.1) is 21.1 Å². The average molecular weight is 327 g/mol. The molecule has 2 aromatic rings. The van der Waals surface area contributed by atoms with Crippen molar-refractivity contribution >= 4 is 40.2 Å². The third-order valence-electron chi connectivity index (χ3n) is 4.44. The van der Waals surface area contributed by atoms with Crippen LogP contribution in [0.4, 0.5) is 5.95 Å². The third-order valence-corrected chi connectivity index (χ3v) is 5.17. The lowest BCUT2D eigenvalue weighted by molar-refractivity contribution is 0.238. The Bertz CT molecular complexity index is 647. The Labute approximate surface area is 134 Å². The molecule has 2 N–H and O–H groups in total. The molecule has 0 aliphatic heterocycles. The van der Waals surface area contributed by atoms with Gasteiger partial charge in [0.1, 0.15) is 0 Å². The van der Waals surface area contributed by atoms with Gasteiger partial charge in [0.2, 0.25) is 5.95 Å². The van der Waals surface area contributed by atoms with Gasteiger partial charge < -0.3 is 15.2 Å². The van der Waals surface area contributed by atoms with E-state index in [1.165, 1.54) is 25.7 Å². The lowest BCUT2D eigenvalue weighted by atomic mass is 10.2. The number of likely N-dealkylation sites (N-methyl/N-ethyl adjacent to an activating group) is 1. The van der Waals surface area contributed by atoms with Crippen LogP contribution in [0.3, 0.4) is 0 Å². The van der Waals surface area contributed by atoms with Crippen molar-refractivity contribution in [2.45, 2.75) is 38.3 Å². The molecule has 21 heavy (non-hydrogen) atoms. The van der Waals surface area contributed by atoms with Crippen molar-refractivity contribution in [2.24, 2.45) is 0 Å². The number of benzene rings is 1. The van der Waals surface area contributed by atoms with Crippen molar-refractivity contribution in [3.63, 3.8) is 0 Å². The number of hydrogen-bond donors (Lipinski definition) is 1. The summed E-state index contributed by atoms with van der Waals surface area (Å²) in [5, 5.41) is 1.05. The molecule has 3 rings (SSSR count). The Kier molecular flexibility index (Phi) is 4.29. The lowest BCUT2D eigenvalue weighted by Gasteiger charge is -2.24. The zero-order valence-electron chi connectivity index (χ0n) is 12.1. The van der Waals surface area contributed by atoms with Crippen LogP contribution in [0.1, 0.15) is 25.7 Å². The van der Waals surface area contributed by atoms with Gasteiger partial charge in [-0.15, -0.1) is 0 Å². The predicted molar refractivity (Wildman–Crippen MR) is 89.1 cm³/mol. The second-order valence-electron chi connectivity index (χ2n) is 5.80. The van der Waals surface area contributed by atoms with Gasteiger partial charge in [-0.25, -0.2) is 4.98 Å². The predicted octanol–water partition coefficient (Wildman–Crippen LogP) is 3.80. The molecule has 1 aliphatic rings. The summed E-state index contributed by atoms with van der Waals surface area (Å²) in [6, 6.07) is 4.32. The summed E-state index contributed by atoms with van der Waals surface area (Å²) in [4.78, 5) is 6.80. The van der Waals surface area contributed by atoms with E-state index in [0.29, 0.717) is 22.0 Å². The van der Waals surface area contributed by atoms with Crippen LogP contribution in [0.25, 0.3) is 11.0 Å². The maximum absolute atomic E-state index is 6.11. The monoisotopic (exact) mass is 326 g/mol. The molecule has 1 aromatic heterocycles. The van der Waals surface area contributed by atoms with Crippen molar-refractivity contribution in [3.05, 3.63) is 22.2 Å². The molecule has 114 valence electrons. The van der Waals surface area contributed by atoms with E-state index in [9.17, 15) is 0 Å². The van der Waals surface area contributed by atoms with Crippen LogP contribution in [0.5, 0.6) is 0 Å². The molecule has 1 saturated carbocycles. The molecule has 1 aliphatic carbocycles. The number of aromatic nitrogens is 2. The minimum absolute atomic E-state index is 0.511. The molecule has 0 bridgehead atoms. The van der Waals surface area contributed by atoms with Crippen LogP contribution in [-0.4, -0.2) is 34.1 Å². The van der Waals surface area contributed by atoms with Crippen molar-refractivity contribution in [3.8, 4) is 0 Å². The zero-order chi connectivity index (χ0) is 15.0. The van der Waals surface area contributed by atoms with E-state index in [2.05, 4.69) is 16.9 Å². The number of fused-ring (bicyclic) bond motifs is 1. The minimum atomic E-state index is 0.511. The molecular weight excluding hydrogens is 307 g/mol. The van der Waals surface area contributed by atoms with Crippen LogP contribution >= 0.6 is 23.2 Å². The molecule has 1 fully saturated rings. The fourth-order valence-corrected chi connectivity index (χ4v) is 3.47. The fraction of sp³-hybridized carbons (Fsp3) is 0.533. The quantitative estimate of drug-likeness (QED) is 0.929. The van der Waals surface area contributed by atoms with Gasteiger partial charge in [-0.2, -0.15) is 0 Å². The Morgan fingerprint density at radius 3 is 2.67 bits per heavy atom. The van der Waals surface area contributed by atoms with Gasteiger partial charge in [-0.1, -0.05) is 36.0 Å². The summed E-state index contributed by atoms with van der Waals surface area (Å²) in [6.07, 6.45) is 5.30. The first-order chi connectivity index (χ1) is 10.1. The molecule has 0 amide bonds. The molecule has 4 nitrogen and oxygen atoms in total. The number of nitrogen functional groups attached to an aromatic ring is 1. The van der Waals surface area contributed by atoms with Crippen molar-refractivity contribution < 1.29 is 0 Å². The molecule has 1 aromatic carbocycles. The summed E-state index contributed by atoms with van der Waals surface area (Å²) in [5.74, 6) is 0.517. The van der Waals surface area contributed by atoms with E-state index in [1.54, 1.807) is 6.07 Å². The molecule has 0 atom stereocenters. The van der Waals surface area contributed by atoms with Crippen LogP contribution < -0.4 is 5.73 Å². The molecule has 0 saturated heterocycles. The average Bonchev–Trinajstić information content (AvgIpc) is 3.06. The first-order valence-corrected chi connectivity index (χ1v) is 8.13. The first kappa shape index (κ1) is 14.9. The smallest absolute Gasteiger partial charge is 0.201 e. The highest BCUT2D eigenvalue weighted by Gasteiger charge is 2.19. The Morgan fingerprint density at radius 1 is 1.29 bits per heavy atom. The number of nitrogens with two attached hydrogens (primary N) is 1. The summed E-state index contributed by atoms with van der Waals surface area (Å²) in [6.45, 7) is 1.77. The van der Waals surface area contributed by atoms with Gasteiger partial charge in [0, 0.05) is 19.1 Å². The van der Waals surface area contributed by atoms with Crippen molar-refractivity contribution in [1.82, 2.24) is 14.5 Å². The van der Waals surface area contributed by atoms with E-state index in [1.807, 2.05) is 10.6 Å². The van der Waals surface area contributed by atoms with Crippen LogP contribution in [-0.2, 0) is 6.54 Å². The van der Waals surface area contributed by atoms with E-state index in [-0.39, 0.29) is 0 Å². The summed E-state index contributed by atoms with van der Waals surface area (Å²) in [5.41, 5.74) is 7.78. The Balaban J connectivity index is 1.80. The highest BCUT2D eigenvalue weighted by Crippen LogP contribution is 2.29. The van der Waals surface area contributed by atoms with Crippen molar-refractivity contribution in [2.75, 3.05) is 19.3 Å². The van der Waals surface area contributed by atoms with E-state index in [0.717, 1.165) is 24.1 Å². The van der Waals surface area contributed by atoms with E-state index >= 15 is 0 Å². The number of halogens is 2. The van der Waals surface area contributed by atoms with Gasteiger partial charge in [0.25, 0.3) is 0 Å². The van der Waals surface area contributed by atoms with Gasteiger partial charge in [-0.05, 0) is 32.0 Å². The van der Waals surface area contributed by atoms with Crippen molar-refractivity contribution in [1.29, 1.82) is 0 Å². The molecule has 0 radical (unpaired) electrons. The second kappa shape index (κ2) is 6.03. The fourth-order valence-electron chi connectivity index (χ4n) is 3.16. The van der Waals surface area contributed by atoms with Gasteiger partial charge in [0.15, 0.2) is 0 Å². The minimum Gasteiger partial charge on any atom is -0.369 e. The highest BCUT2D eigenvalue weighted by atomic mass is 35.5. The maximum Gasteiger partial charge on any atom is 0.201 e. The van der Waals surface area contributed by atoms with Crippen LogP contribution in [0.2, 0.25) is 10.0 Å². The zero-order valence-corrected chi connectivity index (χ0v) is 13.7. The summed E-state index contributed by atoms with van der Waals surface area (Å²) >= 11 is 12.1. The molecular formula is C15H20Cl2N4. The highest BCUT2D eigenvalue weighted by molar-refractivity contribution is 6.42. The number of imidazole rings is 1. The lowest BCUT2D eigenvalue weighted by Crippen LogP contribution is -2.32. The maximum atomic E-state index is 6.11. The SMILES string of the molecule is CN(CCn1c(N)nc2cc(Cl)c(Cl)cc21)C1CCCC1. The normalized spacial score (nSPS) is 16.4. The molecule has 0 unspecified atom stereocenters. The van der Waals surface area contributed by atoms with E-state index in [4.69, 9.17) is 28.9 Å². The number of nitrogens with zero attached hydrogens (tertiary/aromatic N) is 3. The standard InChI is InChI=1S/C15H20Cl2N4/c1-20(10-4-2-3-5-10)6-7-21-14-9-12(17)11(16)8-13(14)19-15(21)18/h8-10H,2-7H2,1H3,(H2,18,19). The topological polar surface area (TPSA) is 47.1 Å². The number of anilines is 1. The Morgan fingerprint density at radius 2 is 1.95 bits per heavy atom. The van der Waals surface area contributed by atoms with Gasteiger partial charge in [-0.3, -0.25) is 0 Å². The third kappa shape index (κ3) is 2.98. The second-order valence-corrected chi connectivity index (χ2v) is 6.61. The summed E-state index contributed by atoms with van der Waals surface area (Å²) < 4.78 is 2.02. The molecule has 1 heterocycles. The van der Waals surface area contributed by atoms with Gasteiger partial charge >= 0.3 is 0 Å². The summed E-state index contributed by atoms with van der Waals surface area (Å²) in [7, 11) is 2.19. The van der Waals surface area contributed by atoms with E-state index < -0.39 is 0 Å². The van der Waals surface area contributed by atoms with Crippen LogP contribution in [0, 0.1) is 0 Å². The number of rotatable bonds is 4. The number of hydrogen-bond acceptors (Lipinski definition) is 3. The Hall–Kier alpha value is -0.970. The molecule has 0 spiro atoms. The first-order valence-electron chi connectivity index (χ1n) is 7.37. The molecule has 6 heteroatoms. The largest absolute Gasteiger partial charge is 0.369 e.